The van der Waals surface area contributed by atoms with Gasteiger partial charge in [-0.3, -0.25) is 4.90 Å². The van der Waals surface area contributed by atoms with E-state index in [1.54, 1.807) is 20.8 Å². The van der Waals surface area contributed by atoms with E-state index in [0.29, 0.717) is 0 Å². The molecule has 0 fully saturated rings. The van der Waals surface area contributed by atoms with Gasteiger partial charge in [-0.25, -0.2) is 4.79 Å². The van der Waals surface area contributed by atoms with E-state index >= 15 is 0 Å². The molecule has 0 aromatic carbocycles. The van der Waals surface area contributed by atoms with E-state index in [2.05, 4.69) is 0 Å². The van der Waals surface area contributed by atoms with E-state index in [1.807, 2.05) is 0 Å². The molecule has 0 aliphatic heterocycles. The van der Waals surface area contributed by atoms with Crippen molar-refractivity contribution in [2.75, 3.05) is 6.61 Å². The standard InChI is InChI=1S/C9H19NO4/c1-6(12)7(5-11)10(8(13)14)9(2,3)4/h6-7,11-12H,5H2,1-4H3,(H,13,14)/t6-,7-/m1/s1. The molecule has 0 aliphatic carbocycles. The minimum Gasteiger partial charge on any atom is -0.465 e. The first-order valence-corrected chi connectivity index (χ1v) is 4.53. The SMILES string of the molecule is C[C@@H](O)[C@@H](CO)N(C(=O)O)C(C)(C)C. The zero-order valence-electron chi connectivity index (χ0n) is 9.06. The van der Waals surface area contributed by atoms with Gasteiger partial charge in [-0.15, -0.1) is 0 Å². The summed E-state index contributed by atoms with van der Waals surface area (Å²) in [7, 11) is 0. The van der Waals surface area contributed by atoms with Crippen molar-refractivity contribution in [3.8, 4) is 0 Å². The van der Waals surface area contributed by atoms with Crippen LogP contribution < -0.4 is 0 Å². The van der Waals surface area contributed by atoms with Gasteiger partial charge in [-0.05, 0) is 27.7 Å². The average Bonchev–Trinajstić information content (AvgIpc) is 1.95. The predicted octanol–water partition coefficient (Wildman–Crippen LogP) is 0.507. The molecule has 0 aliphatic rings. The Morgan fingerprint density at radius 2 is 1.86 bits per heavy atom. The summed E-state index contributed by atoms with van der Waals surface area (Å²) in [5.74, 6) is 0. The molecule has 5 heteroatoms. The largest absolute Gasteiger partial charge is 0.465 e. The van der Waals surface area contributed by atoms with Crippen molar-refractivity contribution in [3.63, 3.8) is 0 Å². The molecule has 0 bridgehead atoms. The fourth-order valence-corrected chi connectivity index (χ4v) is 1.38. The zero-order chi connectivity index (χ0) is 11.5. The van der Waals surface area contributed by atoms with Crippen LogP contribution in [0.15, 0.2) is 0 Å². The van der Waals surface area contributed by atoms with E-state index in [0.717, 1.165) is 4.90 Å². The summed E-state index contributed by atoms with van der Waals surface area (Å²) in [5.41, 5.74) is -0.643. The Kier molecular flexibility index (Phi) is 4.35. The molecule has 2 atom stereocenters. The molecule has 0 unspecified atom stereocenters. The highest BCUT2D eigenvalue weighted by Gasteiger charge is 2.35. The summed E-state index contributed by atoms with van der Waals surface area (Å²) in [6, 6.07) is -0.785. The van der Waals surface area contributed by atoms with Gasteiger partial charge in [0.25, 0.3) is 0 Å². The second kappa shape index (κ2) is 4.61. The molecule has 0 rings (SSSR count). The molecule has 84 valence electrons. The third kappa shape index (κ3) is 3.16. The van der Waals surface area contributed by atoms with Crippen LogP contribution in [0.25, 0.3) is 0 Å². The zero-order valence-corrected chi connectivity index (χ0v) is 9.06. The topological polar surface area (TPSA) is 81.0 Å². The van der Waals surface area contributed by atoms with E-state index in [1.165, 1.54) is 6.92 Å². The highest BCUT2D eigenvalue weighted by molar-refractivity contribution is 5.66. The Bertz CT molecular complexity index is 197. The van der Waals surface area contributed by atoms with Gasteiger partial charge in [0, 0.05) is 5.54 Å². The number of hydrogen-bond acceptors (Lipinski definition) is 3. The first kappa shape index (κ1) is 13.2. The first-order chi connectivity index (χ1) is 6.21. The number of hydrogen-bond donors (Lipinski definition) is 3. The monoisotopic (exact) mass is 205 g/mol. The molecule has 14 heavy (non-hydrogen) atoms. The average molecular weight is 205 g/mol. The van der Waals surface area contributed by atoms with Crippen LogP contribution in [0.3, 0.4) is 0 Å². The van der Waals surface area contributed by atoms with Crippen LogP contribution >= 0.6 is 0 Å². The van der Waals surface area contributed by atoms with Gasteiger partial charge in [0.1, 0.15) is 0 Å². The summed E-state index contributed by atoms with van der Waals surface area (Å²) in [5, 5.41) is 27.3. The highest BCUT2D eigenvalue weighted by Crippen LogP contribution is 2.19. The van der Waals surface area contributed by atoms with Gasteiger partial charge in [0.15, 0.2) is 0 Å². The maximum atomic E-state index is 11.0. The van der Waals surface area contributed by atoms with Gasteiger partial charge in [-0.1, -0.05) is 0 Å². The highest BCUT2D eigenvalue weighted by atomic mass is 16.4. The number of aliphatic hydroxyl groups excluding tert-OH is 2. The van der Waals surface area contributed by atoms with Crippen LogP contribution in [0.4, 0.5) is 4.79 Å². The molecule has 0 radical (unpaired) electrons. The molecule has 0 heterocycles. The third-order valence-electron chi connectivity index (χ3n) is 2.00. The van der Waals surface area contributed by atoms with Crippen molar-refractivity contribution in [2.24, 2.45) is 0 Å². The lowest BCUT2D eigenvalue weighted by Crippen LogP contribution is -2.56. The second-order valence-corrected chi connectivity index (χ2v) is 4.31. The summed E-state index contributed by atoms with van der Waals surface area (Å²) < 4.78 is 0. The fraction of sp³-hybridized carbons (Fsp3) is 0.889. The Hall–Kier alpha value is -0.810. The van der Waals surface area contributed by atoms with Crippen LogP contribution in [0.5, 0.6) is 0 Å². The Morgan fingerprint density at radius 1 is 1.43 bits per heavy atom. The van der Waals surface area contributed by atoms with Crippen LogP contribution in [-0.2, 0) is 0 Å². The normalized spacial score (nSPS) is 16.1. The third-order valence-corrected chi connectivity index (χ3v) is 2.00. The molecule has 0 spiro atoms. The maximum absolute atomic E-state index is 11.0. The molecule has 0 saturated carbocycles. The number of aliphatic hydroxyl groups is 2. The second-order valence-electron chi connectivity index (χ2n) is 4.31. The number of rotatable bonds is 3. The van der Waals surface area contributed by atoms with E-state index in [4.69, 9.17) is 10.2 Å². The maximum Gasteiger partial charge on any atom is 0.408 e. The summed E-state index contributed by atoms with van der Waals surface area (Å²) in [4.78, 5) is 12.0. The van der Waals surface area contributed by atoms with E-state index < -0.39 is 23.8 Å². The number of carboxylic acid groups (broad SMARTS) is 1. The fourth-order valence-electron chi connectivity index (χ4n) is 1.38. The smallest absolute Gasteiger partial charge is 0.408 e. The van der Waals surface area contributed by atoms with Gasteiger partial charge in [0.2, 0.25) is 0 Å². The first-order valence-electron chi connectivity index (χ1n) is 4.53. The molecule has 0 aromatic rings. The van der Waals surface area contributed by atoms with Crippen LogP contribution in [0.2, 0.25) is 0 Å². The van der Waals surface area contributed by atoms with Crippen molar-refractivity contribution >= 4 is 6.09 Å². The molecular formula is C9H19NO4. The van der Waals surface area contributed by atoms with Crippen molar-refractivity contribution in [1.82, 2.24) is 4.90 Å². The van der Waals surface area contributed by atoms with Crippen molar-refractivity contribution in [1.29, 1.82) is 0 Å². The molecular weight excluding hydrogens is 186 g/mol. The summed E-state index contributed by atoms with van der Waals surface area (Å²) in [6.45, 7) is 6.22. The van der Waals surface area contributed by atoms with Gasteiger partial charge in [0.05, 0.1) is 18.8 Å². The van der Waals surface area contributed by atoms with Gasteiger partial charge >= 0.3 is 6.09 Å². The minimum atomic E-state index is -1.14. The number of nitrogens with zero attached hydrogens (tertiary/aromatic N) is 1. The van der Waals surface area contributed by atoms with Gasteiger partial charge < -0.3 is 15.3 Å². The van der Waals surface area contributed by atoms with Crippen LogP contribution in [0.1, 0.15) is 27.7 Å². The molecule has 0 saturated heterocycles. The van der Waals surface area contributed by atoms with Crippen molar-refractivity contribution < 1.29 is 20.1 Å². The summed E-state index contributed by atoms with van der Waals surface area (Å²) in [6.07, 6.45) is -2.03. The molecule has 3 N–H and O–H groups in total. The summed E-state index contributed by atoms with van der Waals surface area (Å²) >= 11 is 0. The van der Waals surface area contributed by atoms with E-state index in [-0.39, 0.29) is 6.61 Å². The van der Waals surface area contributed by atoms with Crippen LogP contribution in [-0.4, -0.2) is 50.6 Å². The number of carbonyl (C=O) groups is 1. The molecule has 1 amide bonds. The Labute approximate surface area is 84.0 Å². The predicted molar refractivity (Wildman–Crippen MR) is 52.2 cm³/mol. The Morgan fingerprint density at radius 3 is 1.93 bits per heavy atom. The van der Waals surface area contributed by atoms with Gasteiger partial charge in [-0.2, -0.15) is 0 Å². The lowest BCUT2D eigenvalue weighted by Gasteiger charge is -2.40. The lowest BCUT2D eigenvalue weighted by molar-refractivity contribution is -0.00943. The van der Waals surface area contributed by atoms with Crippen molar-refractivity contribution in [2.45, 2.75) is 45.4 Å². The molecule has 0 aromatic heterocycles. The van der Waals surface area contributed by atoms with E-state index in [9.17, 15) is 9.90 Å². The quantitative estimate of drug-likeness (QED) is 0.627. The minimum absolute atomic E-state index is 0.388. The lowest BCUT2D eigenvalue weighted by atomic mass is 10.0. The van der Waals surface area contributed by atoms with Crippen molar-refractivity contribution in [3.05, 3.63) is 0 Å². The number of amides is 1. The van der Waals surface area contributed by atoms with Crippen LogP contribution in [0, 0.1) is 0 Å². The Balaban J connectivity index is 4.89. The molecule has 5 nitrogen and oxygen atoms in total.